The highest BCUT2D eigenvalue weighted by atomic mass is 32.1. The van der Waals surface area contributed by atoms with E-state index in [0.29, 0.717) is 9.97 Å². The van der Waals surface area contributed by atoms with E-state index in [4.69, 9.17) is 5.11 Å². The maximum atomic E-state index is 9.13. The molecule has 1 unspecified atom stereocenters. The first-order valence-corrected chi connectivity index (χ1v) is 3.94. The lowest BCUT2D eigenvalue weighted by molar-refractivity contribution is 0.197. The summed E-state index contributed by atoms with van der Waals surface area (Å²) < 4.78 is 1.55. The third kappa shape index (κ3) is 0.997. The molecule has 0 saturated heterocycles. The van der Waals surface area contributed by atoms with Crippen LogP contribution in [0.25, 0.3) is 4.96 Å². The van der Waals surface area contributed by atoms with E-state index in [9.17, 15) is 0 Å². The van der Waals surface area contributed by atoms with E-state index in [1.807, 2.05) is 0 Å². The second kappa shape index (κ2) is 2.24. The highest BCUT2D eigenvalue weighted by Gasteiger charge is 2.08. The Kier molecular flexibility index (Phi) is 1.36. The molecule has 0 aromatic carbocycles. The van der Waals surface area contributed by atoms with Crippen LogP contribution in [0.3, 0.4) is 0 Å². The van der Waals surface area contributed by atoms with Gasteiger partial charge in [-0.3, -0.25) is 0 Å². The number of nitrogens with zero attached hydrogens (tertiary/aromatic N) is 4. The smallest absolute Gasteiger partial charge is 0.234 e. The van der Waals surface area contributed by atoms with Crippen molar-refractivity contribution in [1.82, 2.24) is 19.8 Å². The molecule has 0 saturated carbocycles. The van der Waals surface area contributed by atoms with Gasteiger partial charge in [0.2, 0.25) is 4.96 Å². The fourth-order valence-corrected chi connectivity index (χ4v) is 1.50. The van der Waals surface area contributed by atoms with Gasteiger partial charge in [-0.2, -0.15) is 9.61 Å². The van der Waals surface area contributed by atoms with Gasteiger partial charge in [-0.15, -0.1) is 10.2 Å². The Labute approximate surface area is 66.3 Å². The first-order chi connectivity index (χ1) is 5.27. The minimum Gasteiger partial charge on any atom is -0.386 e. The molecule has 6 heteroatoms. The molecule has 0 aliphatic carbocycles. The van der Waals surface area contributed by atoms with E-state index >= 15 is 0 Å². The van der Waals surface area contributed by atoms with Crippen molar-refractivity contribution in [3.05, 3.63) is 11.3 Å². The number of hydrogen-bond acceptors (Lipinski definition) is 5. The lowest BCUT2D eigenvalue weighted by Gasteiger charge is -1.92. The number of aliphatic hydroxyl groups excluding tert-OH is 1. The van der Waals surface area contributed by atoms with Crippen LogP contribution in [0.2, 0.25) is 0 Å². The predicted octanol–water partition coefficient (Wildman–Crippen LogP) is 0.239. The standard InChI is InChI=1S/C5H6N4OS/c1-3(10)4-8-9-2-6-7-5(9)11-4/h2-3,10H,1H3. The summed E-state index contributed by atoms with van der Waals surface area (Å²) in [7, 11) is 0. The van der Waals surface area contributed by atoms with Gasteiger partial charge in [0.15, 0.2) is 0 Å². The quantitative estimate of drug-likeness (QED) is 0.665. The van der Waals surface area contributed by atoms with Crippen LogP contribution < -0.4 is 0 Å². The van der Waals surface area contributed by atoms with E-state index in [1.54, 1.807) is 11.4 Å². The summed E-state index contributed by atoms with van der Waals surface area (Å²) in [5.74, 6) is 0. The summed E-state index contributed by atoms with van der Waals surface area (Å²) in [6.07, 6.45) is 0.985. The Morgan fingerprint density at radius 2 is 2.55 bits per heavy atom. The first kappa shape index (κ1) is 6.68. The summed E-state index contributed by atoms with van der Waals surface area (Å²) >= 11 is 1.34. The Balaban J connectivity index is 2.58. The largest absolute Gasteiger partial charge is 0.386 e. The summed E-state index contributed by atoms with van der Waals surface area (Å²) in [6, 6.07) is 0. The lowest BCUT2D eigenvalue weighted by atomic mass is 10.4. The molecule has 58 valence electrons. The van der Waals surface area contributed by atoms with Crippen molar-refractivity contribution < 1.29 is 5.11 Å². The van der Waals surface area contributed by atoms with Crippen LogP contribution in [0.5, 0.6) is 0 Å². The van der Waals surface area contributed by atoms with E-state index in [-0.39, 0.29) is 0 Å². The summed E-state index contributed by atoms with van der Waals surface area (Å²) in [4.78, 5) is 0.709. The monoisotopic (exact) mass is 170 g/mol. The second-order valence-electron chi connectivity index (χ2n) is 2.17. The zero-order valence-corrected chi connectivity index (χ0v) is 6.62. The van der Waals surface area contributed by atoms with Crippen molar-refractivity contribution in [2.75, 3.05) is 0 Å². The molecule has 0 spiro atoms. The van der Waals surface area contributed by atoms with Gasteiger partial charge in [-0.1, -0.05) is 11.3 Å². The average Bonchev–Trinajstić information content (AvgIpc) is 2.40. The fraction of sp³-hybridized carbons (Fsp3) is 0.400. The van der Waals surface area contributed by atoms with Crippen LogP contribution in [0, 0.1) is 0 Å². The lowest BCUT2D eigenvalue weighted by Crippen LogP contribution is -1.91. The molecule has 1 atom stereocenters. The highest BCUT2D eigenvalue weighted by Crippen LogP contribution is 2.17. The molecule has 1 N–H and O–H groups in total. The van der Waals surface area contributed by atoms with E-state index in [1.165, 1.54) is 17.7 Å². The predicted molar refractivity (Wildman–Crippen MR) is 39.3 cm³/mol. The highest BCUT2D eigenvalue weighted by molar-refractivity contribution is 7.16. The van der Waals surface area contributed by atoms with E-state index < -0.39 is 6.10 Å². The topological polar surface area (TPSA) is 63.3 Å². The summed E-state index contributed by atoms with van der Waals surface area (Å²) in [5, 5.41) is 21.2. The maximum absolute atomic E-state index is 9.13. The maximum Gasteiger partial charge on any atom is 0.234 e. The van der Waals surface area contributed by atoms with Gasteiger partial charge in [0.1, 0.15) is 17.4 Å². The third-order valence-electron chi connectivity index (χ3n) is 1.26. The van der Waals surface area contributed by atoms with Crippen LogP contribution in [-0.4, -0.2) is 24.9 Å². The van der Waals surface area contributed by atoms with Crippen molar-refractivity contribution in [3.63, 3.8) is 0 Å². The van der Waals surface area contributed by atoms with E-state index in [0.717, 1.165) is 0 Å². The molecule has 2 aromatic heterocycles. The first-order valence-electron chi connectivity index (χ1n) is 3.12. The van der Waals surface area contributed by atoms with Gasteiger partial charge in [0.25, 0.3) is 0 Å². The summed E-state index contributed by atoms with van der Waals surface area (Å²) in [6.45, 7) is 1.67. The molecular weight excluding hydrogens is 164 g/mol. The van der Waals surface area contributed by atoms with Gasteiger partial charge in [0.05, 0.1) is 0 Å². The molecule has 2 aromatic rings. The van der Waals surface area contributed by atoms with Crippen LogP contribution in [0.1, 0.15) is 18.0 Å². The zero-order chi connectivity index (χ0) is 7.84. The number of aromatic nitrogens is 4. The number of fused-ring (bicyclic) bond motifs is 1. The average molecular weight is 170 g/mol. The van der Waals surface area contributed by atoms with Gasteiger partial charge < -0.3 is 5.11 Å². The van der Waals surface area contributed by atoms with Gasteiger partial charge in [0, 0.05) is 0 Å². The molecule has 0 aliphatic rings. The fourth-order valence-electron chi connectivity index (χ4n) is 0.744. The molecule has 2 rings (SSSR count). The van der Waals surface area contributed by atoms with Crippen molar-refractivity contribution in [2.45, 2.75) is 13.0 Å². The third-order valence-corrected chi connectivity index (χ3v) is 2.34. The summed E-state index contributed by atoms with van der Waals surface area (Å²) in [5.41, 5.74) is 0. The number of hydrogen-bond donors (Lipinski definition) is 1. The van der Waals surface area contributed by atoms with Gasteiger partial charge in [-0.05, 0) is 6.92 Å². The molecule has 0 fully saturated rings. The molecular formula is C5H6N4OS. The molecule has 2 heterocycles. The van der Waals surface area contributed by atoms with E-state index in [2.05, 4.69) is 15.3 Å². The minimum atomic E-state index is -0.526. The Morgan fingerprint density at radius 3 is 3.18 bits per heavy atom. The van der Waals surface area contributed by atoms with Gasteiger partial charge >= 0.3 is 0 Å². The molecule has 0 radical (unpaired) electrons. The van der Waals surface area contributed by atoms with Gasteiger partial charge in [-0.25, -0.2) is 0 Å². The number of rotatable bonds is 1. The minimum absolute atomic E-state index is 0.526. The zero-order valence-electron chi connectivity index (χ0n) is 5.80. The SMILES string of the molecule is CC(O)c1nn2cnnc2s1. The number of aliphatic hydroxyl groups is 1. The van der Waals surface area contributed by atoms with Crippen LogP contribution in [0.4, 0.5) is 0 Å². The van der Waals surface area contributed by atoms with Crippen LogP contribution >= 0.6 is 11.3 Å². The van der Waals surface area contributed by atoms with Crippen molar-refractivity contribution >= 4 is 16.3 Å². The Hall–Kier alpha value is -1.01. The molecule has 0 bridgehead atoms. The second-order valence-corrected chi connectivity index (χ2v) is 3.16. The molecule has 11 heavy (non-hydrogen) atoms. The molecule has 0 amide bonds. The normalized spacial score (nSPS) is 14.0. The van der Waals surface area contributed by atoms with Crippen LogP contribution in [-0.2, 0) is 0 Å². The Bertz CT molecular complexity index is 337. The van der Waals surface area contributed by atoms with Crippen molar-refractivity contribution in [2.24, 2.45) is 0 Å². The van der Waals surface area contributed by atoms with Crippen molar-refractivity contribution in [3.8, 4) is 0 Å². The molecule has 5 nitrogen and oxygen atoms in total. The molecule has 0 aliphatic heterocycles. The Morgan fingerprint density at radius 1 is 1.73 bits per heavy atom. The van der Waals surface area contributed by atoms with Crippen molar-refractivity contribution in [1.29, 1.82) is 0 Å². The van der Waals surface area contributed by atoms with Crippen LogP contribution in [0.15, 0.2) is 6.33 Å².